The fourth-order valence-electron chi connectivity index (χ4n) is 4.54. The van der Waals surface area contributed by atoms with E-state index in [2.05, 4.69) is 29.3 Å². The number of amidine groups is 1. The summed E-state index contributed by atoms with van der Waals surface area (Å²) in [6.45, 7) is 10.5. The van der Waals surface area contributed by atoms with Gasteiger partial charge in [0.25, 0.3) is 5.91 Å². The predicted octanol–water partition coefficient (Wildman–Crippen LogP) is 4.81. The van der Waals surface area contributed by atoms with Gasteiger partial charge in [0.05, 0.1) is 34.2 Å². The van der Waals surface area contributed by atoms with Gasteiger partial charge in [-0.25, -0.2) is 9.98 Å². The molecule has 0 radical (unpaired) electrons. The van der Waals surface area contributed by atoms with E-state index < -0.39 is 5.54 Å². The van der Waals surface area contributed by atoms with Crippen molar-refractivity contribution in [2.75, 3.05) is 6.54 Å². The van der Waals surface area contributed by atoms with Gasteiger partial charge in [0.15, 0.2) is 5.54 Å². The monoisotopic (exact) mass is 507 g/mol. The molecule has 1 fully saturated rings. The Balaban J connectivity index is 0.000000967. The van der Waals surface area contributed by atoms with Crippen LogP contribution >= 0.6 is 11.3 Å². The minimum Gasteiger partial charge on any atom is -0.361 e. The molecular weight excluding hydrogens is 474 g/mol. The van der Waals surface area contributed by atoms with E-state index in [1.807, 2.05) is 50.5 Å². The van der Waals surface area contributed by atoms with Crippen LogP contribution < -0.4 is 5.32 Å². The summed E-state index contributed by atoms with van der Waals surface area (Å²) in [6, 6.07) is 9.44. The second kappa shape index (κ2) is 10.7. The van der Waals surface area contributed by atoms with Crippen molar-refractivity contribution in [3.8, 4) is 10.4 Å². The van der Waals surface area contributed by atoms with E-state index in [9.17, 15) is 9.59 Å². The highest BCUT2D eigenvalue weighted by atomic mass is 32.1. The maximum atomic E-state index is 13.0. The van der Waals surface area contributed by atoms with E-state index in [-0.39, 0.29) is 24.3 Å². The molecular formula is C27H33N5O3S. The number of thiazole rings is 1. The Morgan fingerprint density at radius 3 is 2.58 bits per heavy atom. The average Bonchev–Trinajstić information content (AvgIpc) is 3.63. The van der Waals surface area contributed by atoms with Crippen LogP contribution in [-0.2, 0) is 21.5 Å². The number of aryl methyl sites for hydroxylation is 2. The van der Waals surface area contributed by atoms with Gasteiger partial charge in [0, 0.05) is 12.6 Å². The van der Waals surface area contributed by atoms with Crippen LogP contribution in [0.15, 0.2) is 45.4 Å². The Labute approximate surface area is 215 Å². The van der Waals surface area contributed by atoms with Crippen LogP contribution in [0.25, 0.3) is 10.4 Å². The normalized spacial score (nSPS) is 21.1. The number of aliphatic imine (C=N–C) groups is 1. The molecule has 2 atom stereocenters. The molecule has 2 aliphatic heterocycles. The number of hydrogen-bond acceptors (Lipinski definition) is 7. The average molecular weight is 508 g/mol. The Kier molecular flexibility index (Phi) is 7.68. The van der Waals surface area contributed by atoms with Gasteiger partial charge in [0.2, 0.25) is 5.91 Å². The van der Waals surface area contributed by atoms with Crippen LogP contribution in [0.2, 0.25) is 0 Å². The number of carbonyl (C=O) groups is 2. The van der Waals surface area contributed by atoms with Crippen molar-refractivity contribution in [1.29, 1.82) is 0 Å². The standard InChI is InChI=1S/C24H25N5O3S.C3H8/c1-14-11-18(32-28-14)12-20(30)29-10-4-5-19(29)22-26-23(31)24(3,27-22)17-8-6-16(7-9-17)21-15(2)25-13-33-21;1-3-2/h6-9,11,13,19H,4-5,10,12H2,1-3H3,(H,26,27,31);3H2,1-2H3/t19?,24-;/m0./s1. The molecule has 1 aromatic carbocycles. The molecule has 5 rings (SSSR count). The van der Waals surface area contributed by atoms with E-state index in [0.29, 0.717) is 18.1 Å². The molecule has 1 unspecified atom stereocenters. The summed E-state index contributed by atoms with van der Waals surface area (Å²) < 4.78 is 5.21. The highest BCUT2D eigenvalue weighted by Crippen LogP contribution is 2.34. The molecule has 190 valence electrons. The minimum absolute atomic E-state index is 0.0523. The van der Waals surface area contributed by atoms with Gasteiger partial charge in [-0.05, 0) is 44.7 Å². The molecule has 4 heterocycles. The van der Waals surface area contributed by atoms with Gasteiger partial charge < -0.3 is 14.7 Å². The van der Waals surface area contributed by atoms with E-state index in [1.54, 1.807) is 22.3 Å². The lowest BCUT2D eigenvalue weighted by molar-refractivity contribution is -0.130. The SMILES string of the molecule is CCC.Cc1cc(CC(=O)N2CCCC2C2=N[C@@](C)(c3ccc(-c4scnc4C)cc3)C(=O)N2)on1. The van der Waals surface area contributed by atoms with Crippen molar-refractivity contribution >= 4 is 29.0 Å². The number of aromatic nitrogens is 2. The number of likely N-dealkylation sites (tertiary alicyclic amines) is 1. The van der Waals surface area contributed by atoms with Crippen LogP contribution in [0, 0.1) is 13.8 Å². The maximum absolute atomic E-state index is 13.0. The van der Waals surface area contributed by atoms with Crippen LogP contribution in [0.5, 0.6) is 0 Å². The predicted molar refractivity (Wildman–Crippen MR) is 141 cm³/mol. The first-order chi connectivity index (χ1) is 17.3. The molecule has 2 amide bonds. The largest absolute Gasteiger partial charge is 0.361 e. The molecule has 36 heavy (non-hydrogen) atoms. The Bertz CT molecular complexity index is 1260. The summed E-state index contributed by atoms with van der Waals surface area (Å²) in [6.07, 6.45) is 3.02. The van der Waals surface area contributed by atoms with Crippen molar-refractivity contribution < 1.29 is 14.1 Å². The van der Waals surface area contributed by atoms with E-state index in [1.165, 1.54) is 6.42 Å². The highest BCUT2D eigenvalue weighted by molar-refractivity contribution is 7.13. The lowest BCUT2D eigenvalue weighted by atomic mass is 9.91. The maximum Gasteiger partial charge on any atom is 0.257 e. The van der Waals surface area contributed by atoms with Gasteiger partial charge in [-0.1, -0.05) is 49.7 Å². The summed E-state index contributed by atoms with van der Waals surface area (Å²) in [5, 5.41) is 6.82. The van der Waals surface area contributed by atoms with E-state index in [4.69, 9.17) is 9.52 Å². The van der Waals surface area contributed by atoms with Crippen molar-refractivity contribution in [3.05, 3.63) is 58.6 Å². The number of nitrogens with zero attached hydrogens (tertiary/aromatic N) is 4. The van der Waals surface area contributed by atoms with Gasteiger partial charge in [-0.2, -0.15) is 0 Å². The zero-order valence-electron chi connectivity index (χ0n) is 21.5. The summed E-state index contributed by atoms with van der Waals surface area (Å²) in [4.78, 5) is 38.0. The van der Waals surface area contributed by atoms with Crippen LogP contribution in [-0.4, -0.2) is 45.3 Å². The molecule has 8 nitrogen and oxygen atoms in total. The first kappa shape index (κ1) is 25.8. The third-order valence-corrected chi connectivity index (χ3v) is 7.35. The smallest absolute Gasteiger partial charge is 0.257 e. The first-order valence-electron chi connectivity index (χ1n) is 12.4. The van der Waals surface area contributed by atoms with Crippen molar-refractivity contribution in [2.24, 2.45) is 4.99 Å². The number of nitrogens with one attached hydrogen (secondary N) is 1. The fourth-order valence-corrected chi connectivity index (χ4v) is 5.35. The van der Waals surface area contributed by atoms with Gasteiger partial charge in [-0.15, -0.1) is 11.3 Å². The summed E-state index contributed by atoms with van der Waals surface area (Å²) >= 11 is 1.60. The second-order valence-electron chi connectivity index (χ2n) is 9.43. The van der Waals surface area contributed by atoms with E-state index in [0.717, 1.165) is 40.2 Å². The van der Waals surface area contributed by atoms with Crippen LogP contribution in [0.3, 0.4) is 0 Å². The highest BCUT2D eigenvalue weighted by Gasteiger charge is 2.45. The summed E-state index contributed by atoms with van der Waals surface area (Å²) in [5.41, 5.74) is 4.42. The molecule has 1 N–H and O–H groups in total. The van der Waals surface area contributed by atoms with Crippen molar-refractivity contribution in [2.45, 2.75) is 71.9 Å². The zero-order chi connectivity index (χ0) is 25.9. The van der Waals surface area contributed by atoms with Gasteiger partial charge >= 0.3 is 0 Å². The zero-order valence-corrected chi connectivity index (χ0v) is 22.3. The molecule has 2 aliphatic rings. The molecule has 2 aromatic heterocycles. The third kappa shape index (κ3) is 5.11. The second-order valence-corrected chi connectivity index (χ2v) is 10.3. The fraction of sp³-hybridized carbons (Fsp3) is 0.444. The summed E-state index contributed by atoms with van der Waals surface area (Å²) in [5.74, 6) is 0.874. The Morgan fingerprint density at radius 1 is 1.25 bits per heavy atom. The Hall–Kier alpha value is -3.33. The molecule has 9 heteroatoms. The minimum atomic E-state index is -1.03. The van der Waals surface area contributed by atoms with E-state index >= 15 is 0 Å². The lowest BCUT2D eigenvalue weighted by Crippen LogP contribution is -2.46. The first-order valence-corrected chi connectivity index (χ1v) is 13.3. The van der Waals surface area contributed by atoms with Gasteiger partial charge in [0.1, 0.15) is 11.6 Å². The lowest BCUT2D eigenvalue weighted by Gasteiger charge is -2.24. The molecule has 0 spiro atoms. The molecule has 0 saturated carbocycles. The number of carbonyl (C=O) groups excluding carboxylic acids is 2. The number of amides is 2. The molecule has 0 bridgehead atoms. The van der Waals surface area contributed by atoms with Gasteiger partial charge in [-0.3, -0.25) is 9.59 Å². The van der Waals surface area contributed by atoms with Crippen LogP contribution in [0.1, 0.15) is 62.7 Å². The number of hydrogen-bond donors (Lipinski definition) is 1. The van der Waals surface area contributed by atoms with Crippen molar-refractivity contribution in [1.82, 2.24) is 20.4 Å². The molecule has 1 saturated heterocycles. The number of benzene rings is 1. The van der Waals surface area contributed by atoms with Crippen LogP contribution in [0.4, 0.5) is 0 Å². The Morgan fingerprint density at radius 2 is 1.97 bits per heavy atom. The van der Waals surface area contributed by atoms with Crippen molar-refractivity contribution in [3.63, 3.8) is 0 Å². The molecule has 0 aliphatic carbocycles. The third-order valence-electron chi connectivity index (χ3n) is 6.37. The summed E-state index contributed by atoms with van der Waals surface area (Å²) in [7, 11) is 0. The number of rotatable bonds is 5. The molecule has 3 aromatic rings. The topological polar surface area (TPSA) is 101 Å². The quantitative estimate of drug-likeness (QED) is 0.534.